The Balaban J connectivity index is -0.000000286. The van der Waals surface area contributed by atoms with Crippen LogP contribution in [0.2, 0.25) is 0 Å². The Labute approximate surface area is 170 Å². The van der Waals surface area contributed by atoms with E-state index in [-0.39, 0.29) is 26.2 Å². The molecule has 0 radical (unpaired) electrons. The summed E-state index contributed by atoms with van der Waals surface area (Å²) >= 11 is 0. The molecule has 0 amide bonds. The van der Waals surface area contributed by atoms with Gasteiger partial charge < -0.3 is 9.11 Å². The first kappa shape index (κ1) is 31.0. The second-order valence-corrected chi connectivity index (χ2v) is 6.55. The maximum atomic E-state index is 10.7. The Kier molecular flexibility index (Phi) is 15.4. The molecule has 27 heavy (non-hydrogen) atoms. The van der Waals surface area contributed by atoms with E-state index in [0.717, 1.165) is 12.8 Å². The monoisotopic (exact) mass is 518 g/mol. The fraction of sp³-hybridized carbons (Fsp3) is 0.333. The summed E-state index contributed by atoms with van der Waals surface area (Å²) in [5.41, 5.74) is -11.3. The zero-order valence-corrected chi connectivity index (χ0v) is 17.0. The van der Waals surface area contributed by atoms with Crippen molar-refractivity contribution in [3.05, 3.63) is 48.6 Å². The van der Waals surface area contributed by atoms with Gasteiger partial charge in [0.1, 0.15) is 0 Å². The first-order chi connectivity index (χ1) is 11.5. The standard InChI is InChI=1S/2C5H5.2CHF3O3S.Zr/c2*1-2-4-5-3-1;2*2-1(3,4)8(5,6)7;/h2*1-3H,4H2;2*(H,5,6,7);/q2*-1;;;+4/p-2. The number of halogens is 6. The van der Waals surface area contributed by atoms with Crippen LogP contribution in [0.15, 0.2) is 36.5 Å². The van der Waals surface area contributed by atoms with Crippen molar-refractivity contribution in [1.82, 2.24) is 0 Å². The summed E-state index contributed by atoms with van der Waals surface area (Å²) in [4.78, 5) is 0. The number of hydrogen-bond acceptors (Lipinski definition) is 6. The van der Waals surface area contributed by atoms with Crippen molar-refractivity contribution < 1.29 is 78.5 Å². The number of hydrogen-bond donors (Lipinski definition) is 0. The third kappa shape index (κ3) is 18.4. The molecule has 0 N–H and O–H groups in total. The van der Waals surface area contributed by atoms with Gasteiger partial charge in [0.25, 0.3) is 0 Å². The van der Waals surface area contributed by atoms with Gasteiger partial charge >= 0.3 is 37.2 Å². The molecule has 0 unspecified atom stereocenters. The predicted octanol–water partition coefficient (Wildman–Crippen LogP) is 2.71. The van der Waals surface area contributed by atoms with E-state index in [4.69, 9.17) is 25.9 Å². The Morgan fingerprint density at radius 2 is 0.926 bits per heavy atom. The van der Waals surface area contributed by atoms with Crippen LogP contribution < -0.4 is 0 Å². The van der Waals surface area contributed by atoms with Gasteiger partial charge in [-0.3, -0.25) is 12.2 Å². The molecule has 0 spiro atoms. The van der Waals surface area contributed by atoms with Gasteiger partial charge in [0.15, 0.2) is 20.2 Å². The van der Waals surface area contributed by atoms with E-state index in [9.17, 15) is 26.3 Å². The maximum absolute atomic E-state index is 10.7. The van der Waals surface area contributed by atoms with Crippen LogP contribution >= 0.6 is 0 Å². The molecule has 0 heterocycles. The van der Waals surface area contributed by atoms with Crippen LogP contribution in [0.3, 0.4) is 0 Å². The molecule has 0 saturated carbocycles. The molecule has 0 aliphatic heterocycles. The van der Waals surface area contributed by atoms with Crippen LogP contribution in [0.4, 0.5) is 26.3 Å². The Morgan fingerprint density at radius 1 is 0.704 bits per heavy atom. The molecule has 2 aliphatic rings. The molecule has 6 nitrogen and oxygen atoms in total. The average Bonchev–Trinajstić information content (AvgIpc) is 3.15. The molecular weight excluding hydrogens is 509 g/mol. The normalized spacial score (nSPS) is 14.8. The third-order valence-corrected chi connectivity index (χ3v) is 2.87. The van der Waals surface area contributed by atoms with Crippen LogP contribution in [0.5, 0.6) is 0 Å². The molecule has 0 aromatic heterocycles. The summed E-state index contributed by atoms with van der Waals surface area (Å²) in [6, 6.07) is 0. The first-order valence-corrected chi connectivity index (χ1v) is 8.79. The van der Waals surface area contributed by atoms with E-state index in [2.05, 4.69) is 24.3 Å². The molecule has 2 rings (SSSR count). The van der Waals surface area contributed by atoms with Gasteiger partial charge in [-0.1, -0.05) is 0 Å². The van der Waals surface area contributed by atoms with E-state index in [1.54, 1.807) is 0 Å². The van der Waals surface area contributed by atoms with E-state index < -0.39 is 31.3 Å². The second kappa shape index (κ2) is 13.4. The van der Waals surface area contributed by atoms with Crippen molar-refractivity contribution >= 4 is 20.2 Å². The first-order valence-electron chi connectivity index (χ1n) is 5.98. The molecule has 15 heteroatoms. The van der Waals surface area contributed by atoms with Crippen molar-refractivity contribution in [2.24, 2.45) is 0 Å². The van der Waals surface area contributed by atoms with E-state index >= 15 is 0 Å². The summed E-state index contributed by atoms with van der Waals surface area (Å²) in [5, 5.41) is 0. The van der Waals surface area contributed by atoms with Crippen LogP contribution in [-0.4, -0.2) is 37.0 Å². The summed E-state index contributed by atoms with van der Waals surface area (Å²) in [7, 11) is -12.2. The van der Waals surface area contributed by atoms with Crippen molar-refractivity contribution in [2.75, 3.05) is 0 Å². The van der Waals surface area contributed by atoms with Crippen LogP contribution in [-0.2, 0) is 46.4 Å². The number of allylic oxidation sites excluding steroid dienone is 8. The zero-order valence-electron chi connectivity index (χ0n) is 12.9. The van der Waals surface area contributed by atoms with Gasteiger partial charge in [-0.25, -0.2) is 41.1 Å². The fourth-order valence-electron chi connectivity index (χ4n) is 0.680. The molecule has 2 aliphatic carbocycles. The molecule has 0 saturated heterocycles. The topological polar surface area (TPSA) is 114 Å². The van der Waals surface area contributed by atoms with E-state index in [0.29, 0.717) is 0 Å². The number of alkyl halides is 6. The van der Waals surface area contributed by atoms with Gasteiger partial charge in [-0.2, -0.15) is 38.5 Å². The predicted molar refractivity (Wildman–Crippen MR) is 74.6 cm³/mol. The summed E-state index contributed by atoms with van der Waals surface area (Å²) < 4.78 is 118. The minimum absolute atomic E-state index is 0. The zero-order chi connectivity index (χ0) is 21.1. The average molecular weight is 520 g/mol. The van der Waals surface area contributed by atoms with Crippen LogP contribution in [0.25, 0.3) is 0 Å². The molecular formula is C12H10F6O6S2Zr. The molecule has 0 atom stereocenters. The van der Waals surface area contributed by atoms with Crippen molar-refractivity contribution in [3.8, 4) is 0 Å². The fourth-order valence-corrected chi connectivity index (χ4v) is 0.680. The van der Waals surface area contributed by atoms with Gasteiger partial charge in [0.05, 0.1) is 0 Å². The second-order valence-electron chi connectivity index (χ2n) is 3.81. The molecule has 0 aromatic rings. The van der Waals surface area contributed by atoms with Crippen molar-refractivity contribution in [2.45, 2.75) is 23.9 Å². The minimum Gasteiger partial charge on any atom is -0.741 e. The van der Waals surface area contributed by atoms with Gasteiger partial charge in [-0.05, 0) is 0 Å². The smallest absolute Gasteiger partial charge is 0.741 e. The summed E-state index contributed by atoms with van der Waals surface area (Å²) in [6.45, 7) is 0. The summed E-state index contributed by atoms with van der Waals surface area (Å²) in [6.07, 6.45) is 20.0. The van der Waals surface area contributed by atoms with Crippen LogP contribution in [0.1, 0.15) is 12.8 Å². The largest absolute Gasteiger partial charge is 4.00 e. The third-order valence-electron chi connectivity index (χ3n) is 1.74. The van der Waals surface area contributed by atoms with Crippen molar-refractivity contribution in [1.29, 1.82) is 0 Å². The molecule has 0 fully saturated rings. The Hall–Kier alpha value is -0.757. The quantitative estimate of drug-likeness (QED) is 0.210. The molecule has 0 aromatic carbocycles. The van der Waals surface area contributed by atoms with E-state index in [1.807, 2.05) is 24.3 Å². The van der Waals surface area contributed by atoms with Crippen molar-refractivity contribution in [3.63, 3.8) is 0 Å². The van der Waals surface area contributed by atoms with Gasteiger partial charge in [0, 0.05) is 0 Å². The molecule has 152 valence electrons. The number of rotatable bonds is 0. The van der Waals surface area contributed by atoms with Crippen LogP contribution in [0, 0.1) is 12.2 Å². The molecule has 0 bridgehead atoms. The maximum Gasteiger partial charge on any atom is 4.00 e. The minimum atomic E-state index is -6.09. The Morgan fingerprint density at radius 3 is 0.963 bits per heavy atom. The van der Waals surface area contributed by atoms with E-state index in [1.165, 1.54) is 0 Å². The van der Waals surface area contributed by atoms with Gasteiger partial charge in [0.2, 0.25) is 0 Å². The SMILES string of the molecule is O=S(=O)([O-])C(F)(F)F.O=S(=O)([O-])C(F)(F)F.[C-]1=CC=CC1.[C-]1=CC=CC1.[Zr+4]. The Bertz CT molecular complexity index is 649. The van der Waals surface area contributed by atoms with Gasteiger partial charge in [-0.15, -0.1) is 12.8 Å². The summed E-state index contributed by atoms with van der Waals surface area (Å²) in [5.74, 6) is 0.